The Morgan fingerprint density at radius 3 is 2.64 bits per heavy atom. The Morgan fingerprint density at radius 2 is 2.09 bits per heavy atom. The topological polar surface area (TPSA) is 3.24 Å². The third kappa shape index (κ3) is 7.95. The Kier molecular flexibility index (Phi) is 8.19. The van der Waals surface area contributed by atoms with Crippen LogP contribution in [0.1, 0.15) is 19.8 Å². The quantitative estimate of drug-likeness (QED) is 0.476. The van der Waals surface area contributed by atoms with Crippen LogP contribution in [0.3, 0.4) is 0 Å². The zero-order chi connectivity index (χ0) is 8.53. The first-order valence-corrected chi connectivity index (χ1v) is 4.89. The van der Waals surface area contributed by atoms with Gasteiger partial charge in [0.25, 0.3) is 0 Å². The highest BCUT2D eigenvalue weighted by Gasteiger charge is 1.91. The van der Waals surface area contributed by atoms with Gasteiger partial charge >= 0.3 is 0 Å². The molecule has 0 bridgehead atoms. The van der Waals surface area contributed by atoms with Crippen molar-refractivity contribution in [1.29, 1.82) is 0 Å². The fraction of sp³-hybridized carbons (Fsp3) is 0.778. The van der Waals surface area contributed by atoms with Crippen molar-refractivity contribution in [3.05, 3.63) is 12.2 Å². The van der Waals surface area contributed by atoms with Crippen LogP contribution in [0.25, 0.3) is 0 Å². The average Bonchev–Trinajstić information content (AvgIpc) is 2.01. The number of thiol groups is 1. The Morgan fingerprint density at radius 1 is 1.36 bits per heavy atom. The highest BCUT2D eigenvalue weighted by atomic mass is 32.1. The Labute approximate surface area is 75.9 Å². The van der Waals surface area contributed by atoms with Crippen LogP contribution in [-0.2, 0) is 0 Å². The maximum Gasteiger partial charge on any atom is 0.0160 e. The summed E-state index contributed by atoms with van der Waals surface area (Å²) < 4.78 is 0. The van der Waals surface area contributed by atoms with Crippen LogP contribution in [0.2, 0.25) is 0 Å². The van der Waals surface area contributed by atoms with Gasteiger partial charge in [-0.3, -0.25) is 0 Å². The summed E-state index contributed by atoms with van der Waals surface area (Å²) >= 11 is 4.09. The summed E-state index contributed by atoms with van der Waals surface area (Å²) in [5.74, 6) is 0.849. The van der Waals surface area contributed by atoms with Crippen molar-refractivity contribution >= 4 is 12.6 Å². The van der Waals surface area contributed by atoms with E-state index in [2.05, 4.69) is 43.7 Å². The zero-order valence-electron chi connectivity index (χ0n) is 7.58. The lowest BCUT2D eigenvalue weighted by Gasteiger charge is -2.12. The summed E-state index contributed by atoms with van der Waals surface area (Å²) in [6.07, 6.45) is 6.83. The molecule has 0 heterocycles. The predicted molar refractivity (Wildman–Crippen MR) is 55.4 cm³/mol. The summed E-state index contributed by atoms with van der Waals surface area (Å²) in [6, 6.07) is 0. The molecule has 2 heteroatoms. The van der Waals surface area contributed by atoms with Gasteiger partial charge < -0.3 is 4.90 Å². The normalized spacial score (nSPS) is 11.6. The van der Waals surface area contributed by atoms with E-state index in [4.69, 9.17) is 0 Å². The van der Waals surface area contributed by atoms with Crippen molar-refractivity contribution in [2.24, 2.45) is 0 Å². The fourth-order valence-corrected chi connectivity index (χ4v) is 0.997. The predicted octanol–water partition coefficient (Wildman–Crippen LogP) is 2.20. The van der Waals surface area contributed by atoms with Gasteiger partial charge in [-0.15, -0.1) is 0 Å². The second-order valence-electron chi connectivity index (χ2n) is 2.77. The van der Waals surface area contributed by atoms with E-state index in [-0.39, 0.29) is 0 Å². The molecule has 0 aliphatic heterocycles. The third-order valence-electron chi connectivity index (χ3n) is 1.58. The first-order chi connectivity index (χ1) is 5.31. The summed E-state index contributed by atoms with van der Waals surface area (Å²) in [5, 5.41) is 0. The molecule has 0 aliphatic carbocycles. The number of unbranched alkanes of at least 4 members (excludes halogenated alkanes) is 1. The molecule has 0 fully saturated rings. The van der Waals surface area contributed by atoms with Gasteiger partial charge in [-0.1, -0.05) is 25.5 Å². The molecule has 0 radical (unpaired) electrons. The summed E-state index contributed by atoms with van der Waals surface area (Å²) in [6.45, 7) is 4.48. The zero-order valence-corrected chi connectivity index (χ0v) is 8.48. The Hall–Kier alpha value is 0.0500. The van der Waals surface area contributed by atoms with Gasteiger partial charge in [-0.05, 0) is 20.0 Å². The Balaban J connectivity index is 3.21. The van der Waals surface area contributed by atoms with Crippen LogP contribution in [0.15, 0.2) is 12.2 Å². The van der Waals surface area contributed by atoms with E-state index in [1.165, 1.54) is 19.4 Å². The molecule has 0 aromatic heterocycles. The minimum atomic E-state index is 0.849. The van der Waals surface area contributed by atoms with E-state index in [1.807, 2.05) is 0 Å². The van der Waals surface area contributed by atoms with Gasteiger partial charge in [0.05, 0.1) is 0 Å². The smallest absolute Gasteiger partial charge is 0.0160 e. The number of nitrogens with zero attached hydrogens (tertiary/aromatic N) is 1. The lowest BCUT2D eigenvalue weighted by molar-refractivity contribution is 0.362. The van der Waals surface area contributed by atoms with E-state index in [0.29, 0.717) is 0 Å². The maximum atomic E-state index is 4.09. The standard InChI is InChI=1S/C9H19NS/c1-3-4-7-10(2)8-5-6-9-11/h5-6,11H,3-4,7-9H2,1-2H3. The summed E-state index contributed by atoms with van der Waals surface area (Å²) in [4.78, 5) is 2.32. The van der Waals surface area contributed by atoms with Gasteiger partial charge in [-0.2, -0.15) is 12.6 Å². The molecule has 0 amide bonds. The maximum absolute atomic E-state index is 4.09. The molecular formula is C9H19NS. The van der Waals surface area contributed by atoms with Crippen LogP contribution in [-0.4, -0.2) is 30.8 Å². The highest BCUT2D eigenvalue weighted by molar-refractivity contribution is 7.80. The average molecular weight is 173 g/mol. The minimum Gasteiger partial charge on any atom is -0.303 e. The molecular weight excluding hydrogens is 154 g/mol. The van der Waals surface area contributed by atoms with Gasteiger partial charge in [0.1, 0.15) is 0 Å². The first kappa shape index (κ1) is 11.1. The molecule has 0 atom stereocenters. The van der Waals surface area contributed by atoms with Crippen LogP contribution in [0.5, 0.6) is 0 Å². The van der Waals surface area contributed by atoms with Crippen LogP contribution >= 0.6 is 12.6 Å². The van der Waals surface area contributed by atoms with Gasteiger partial charge in [0, 0.05) is 12.3 Å². The van der Waals surface area contributed by atoms with Crippen molar-refractivity contribution < 1.29 is 0 Å². The van der Waals surface area contributed by atoms with E-state index >= 15 is 0 Å². The first-order valence-electron chi connectivity index (χ1n) is 4.25. The van der Waals surface area contributed by atoms with E-state index in [9.17, 15) is 0 Å². The van der Waals surface area contributed by atoms with Crippen LogP contribution < -0.4 is 0 Å². The lowest BCUT2D eigenvalue weighted by atomic mass is 10.3. The third-order valence-corrected chi connectivity index (χ3v) is 1.79. The lowest BCUT2D eigenvalue weighted by Crippen LogP contribution is -2.19. The number of likely N-dealkylation sites (N-methyl/N-ethyl adjacent to an activating group) is 1. The molecule has 0 aromatic carbocycles. The van der Waals surface area contributed by atoms with Gasteiger partial charge in [0.15, 0.2) is 0 Å². The van der Waals surface area contributed by atoms with Crippen molar-refractivity contribution in [2.75, 3.05) is 25.9 Å². The molecule has 0 rings (SSSR count). The van der Waals surface area contributed by atoms with Crippen molar-refractivity contribution in [3.8, 4) is 0 Å². The van der Waals surface area contributed by atoms with Gasteiger partial charge in [-0.25, -0.2) is 0 Å². The number of hydrogen-bond acceptors (Lipinski definition) is 2. The SMILES string of the molecule is CCCCN(C)CC=CCS. The van der Waals surface area contributed by atoms with E-state index < -0.39 is 0 Å². The monoisotopic (exact) mass is 173 g/mol. The molecule has 0 spiro atoms. The van der Waals surface area contributed by atoms with E-state index in [1.54, 1.807) is 0 Å². The molecule has 11 heavy (non-hydrogen) atoms. The van der Waals surface area contributed by atoms with Crippen LogP contribution in [0.4, 0.5) is 0 Å². The van der Waals surface area contributed by atoms with E-state index in [0.717, 1.165) is 12.3 Å². The second-order valence-corrected chi connectivity index (χ2v) is 3.13. The molecule has 0 saturated carbocycles. The highest BCUT2D eigenvalue weighted by Crippen LogP contribution is 1.91. The van der Waals surface area contributed by atoms with Crippen molar-refractivity contribution in [1.82, 2.24) is 4.90 Å². The van der Waals surface area contributed by atoms with Crippen molar-refractivity contribution in [3.63, 3.8) is 0 Å². The molecule has 0 aromatic rings. The minimum absolute atomic E-state index is 0.849. The molecule has 0 aliphatic rings. The van der Waals surface area contributed by atoms with Crippen molar-refractivity contribution in [2.45, 2.75) is 19.8 Å². The van der Waals surface area contributed by atoms with Gasteiger partial charge in [0.2, 0.25) is 0 Å². The molecule has 0 saturated heterocycles. The Bertz CT molecular complexity index is 102. The number of hydrogen-bond donors (Lipinski definition) is 1. The summed E-state index contributed by atoms with van der Waals surface area (Å²) in [5.41, 5.74) is 0. The molecule has 0 unspecified atom stereocenters. The number of rotatable bonds is 6. The molecule has 66 valence electrons. The largest absolute Gasteiger partial charge is 0.303 e. The second kappa shape index (κ2) is 8.15. The molecule has 1 nitrogen and oxygen atoms in total. The molecule has 0 N–H and O–H groups in total. The van der Waals surface area contributed by atoms with Crippen LogP contribution in [0, 0.1) is 0 Å². The fourth-order valence-electron chi connectivity index (χ4n) is 0.848. The summed E-state index contributed by atoms with van der Waals surface area (Å²) in [7, 11) is 2.15.